The lowest BCUT2D eigenvalue weighted by Crippen LogP contribution is -2.41. The first kappa shape index (κ1) is 44.6. The molecular weight excluding hydrogens is 798 g/mol. The molecule has 7 aromatic rings. The molecule has 0 saturated carbocycles. The average Bonchev–Trinajstić information content (AvgIpc) is 3.25. The first-order valence-corrected chi connectivity index (χ1v) is 20.3. The number of benzene rings is 6. The summed E-state index contributed by atoms with van der Waals surface area (Å²) < 4.78 is 55.1. The van der Waals surface area contributed by atoms with Crippen LogP contribution >= 0.6 is 11.6 Å². The maximum absolute atomic E-state index is 14.0. The highest BCUT2D eigenvalue weighted by atomic mass is 35.5. The van der Waals surface area contributed by atoms with Crippen molar-refractivity contribution < 1.29 is 27.5 Å². The molecule has 0 fully saturated rings. The van der Waals surface area contributed by atoms with Crippen LogP contribution in [0.5, 0.6) is 0 Å². The van der Waals surface area contributed by atoms with Crippen molar-refractivity contribution in [1.29, 1.82) is 0 Å². The highest BCUT2D eigenvalue weighted by molar-refractivity contribution is 6.30. The van der Waals surface area contributed by atoms with Gasteiger partial charge in [0.05, 0.1) is 11.7 Å². The lowest BCUT2D eigenvalue weighted by atomic mass is 9.95. The molecule has 0 radical (unpaired) electrons. The van der Waals surface area contributed by atoms with E-state index in [0.717, 1.165) is 40.7 Å². The SMILES string of the molecule is O=C[C@H](Cc1cc(F)cc(F)c1)N(Cc1ccccc1)Cc1ccccc1.O[C@H](c1cc(Cl)ccn1)[C@H](Cc1cc(F)cc(F)c1)N(Cc1ccccc1)Cc1ccccc1. The molecule has 312 valence electrons. The molecule has 10 heteroatoms. The quantitative estimate of drug-likeness (QED) is 0.0731. The normalized spacial score (nSPS) is 12.7. The van der Waals surface area contributed by atoms with Crippen molar-refractivity contribution in [2.24, 2.45) is 0 Å². The zero-order valence-electron chi connectivity index (χ0n) is 33.4. The molecule has 1 N–H and O–H groups in total. The molecule has 1 aromatic heterocycles. The van der Waals surface area contributed by atoms with Gasteiger partial charge in [0.1, 0.15) is 35.7 Å². The second-order valence-corrected chi connectivity index (χ2v) is 15.3. The van der Waals surface area contributed by atoms with E-state index in [1.165, 1.54) is 24.3 Å². The van der Waals surface area contributed by atoms with E-state index in [-0.39, 0.29) is 12.8 Å². The van der Waals surface area contributed by atoms with E-state index >= 15 is 0 Å². The summed E-state index contributed by atoms with van der Waals surface area (Å²) in [5, 5.41) is 11.9. The fourth-order valence-electron chi connectivity index (χ4n) is 7.28. The fraction of sp³-hybridized carbons (Fsp3) is 0.176. The fourth-order valence-corrected chi connectivity index (χ4v) is 7.45. The second kappa shape index (κ2) is 22.6. The van der Waals surface area contributed by atoms with Gasteiger partial charge in [-0.05, 0) is 82.6 Å². The Hall–Kier alpha value is -5.97. The Labute approximate surface area is 359 Å². The third kappa shape index (κ3) is 14.1. The molecule has 0 aliphatic rings. The molecule has 0 aliphatic heterocycles. The molecule has 0 aliphatic carbocycles. The van der Waals surface area contributed by atoms with Crippen molar-refractivity contribution in [3.8, 4) is 0 Å². The number of halogens is 5. The van der Waals surface area contributed by atoms with Crippen LogP contribution in [0.2, 0.25) is 5.02 Å². The lowest BCUT2D eigenvalue weighted by molar-refractivity contribution is -0.112. The smallest absolute Gasteiger partial charge is 0.137 e. The first-order chi connectivity index (χ1) is 29.6. The molecule has 0 spiro atoms. The Morgan fingerprint density at radius 3 is 1.26 bits per heavy atom. The van der Waals surface area contributed by atoms with Gasteiger partial charge in [0, 0.05) is 55.6 Å². The van der Waals surface area contributed by atoms with Crippen LogP contribution in [0.25, 0.3) is 0 Å². The molecule has 0 saturated heterocycles. The van der Waals surface area contributed by atoms with Gasteiger partial charge in [-0.3, -0.25) is 14.8 Å². The zero-order chi connectivity index (χ0) is 43.0. The number of hydrogen-bond acceptors (Lipinski definition) is 5. The van der Waals surface area contributed by atoms with Crippen molar-refractivity contribution in [2.75, 3.05) is 0 Å². The lowest BCUT2D eigenvalue weighted by Gasteiger charge is -2.35. The number of aliphatic hydroxyl groups excluding tert-OH is 1. The first-order valence-electron chi connectivity index (χ1n) is 19.9. The number of carbonyl (C=O) groups excluding carboxylic acids is 1. The van der Waals surface area contributed by atoms with Gasteiger partial charge in [0.25, 0.3) is 0 Å². The molecular formula is C51H46ClF4N3O2. The van der Waals surface area contributed by atoms with Crippen LogP contribution in [-0.4, -0.2) is 38.3 Å². The summed E-state index contributed by atoms with van der Waals surface area (Å²) in [7, 11) is 0. The molecule has 6 aromatic carbocycles. The van der Waals surface area contributed by atoms with Crippen LogP contribution < -0.4 is 0 Å². The van der Waals surface area contributed by atoms with Gasteiger partial charge < -0.3 is 9.90 Å². The minimum atomic E-state index is -1.04. The van der Waals surface area contributed by atoms with Crippen molar-refractivity contribution in [3.63, 3.8) is 0 Å². The van der Waals surface area contributed by atoms with Crippen LogP contribution in [0.15, 0.2) is 176 Å². The standard InChI is InChI=1S/C28H25ClF2N2O.C23H21F2NO/c29-23-11-12-32-26(16-23)28(34)27(15-22-13-24(30)17-25(31)14-22)33(18-20-7-3-1-4-8-20)19-21-9-5-2-6-10-21;24-21-11-20(12-22(25)14-21)13-23(17-27)26(15-18-7-3-1-4-8-18)16-19-9-5-2-6-10-19/h1-14,16-17,27-28,34H,15,18-19H2;1-12,14,17,23H,13,15-16H2/t27-,28+;23-/m00/s1. The Balaban J connectivity index is 0.000000210. The zero-order valence-corrected chi connectivity index (χ0v) is 34.1. The number of nitrogens with zero attached hydrogens (tertiary/aromatic N) is 3. The largest absolute Gasteiger partial charge is 0.385 e. The van der Waals surface area contributed by atoms with E-state index < -0.39 is 41.5 Å². The molecule has 3 atom stereocenters. The van der Waals surface area contributed by atoms with E-state index in [1.807, 2.05) is 126 Å². The van der Waals surface area contributed by atoms with Crippen molar-refractivity contribution in [3.05, 3.63) is 243 Å². The highest BCUT2D eigenvalue weighted by Crippen LogP contribution is 2.28. The summed E-state index contributed by atoms with van der Waals surface area (Å²) in [4.78, 5) is 20.3. The number of aldehydes is 1. The number of hydrogen-bond donors (Lipinski definition) is 1. The van der Waals surface area contributed by atoms with Gasteiger partial charge in [-0.15, -0.1) is 0 Å². The summed E-state index contributed by atoms with van der Waals surface area (Å²) in [6, 6.07) is 48.6. The maximum atomic E-state index is 14.0. The van der Waals surface area contributed by atoms with Crippen molar-refractivity contribution >= 4 is 17.9 Å². The second-order valence-electron chi connectivity index (χ2n) is 14.8. The summed E-state index contributed by atoms with van der Waals surface area (Å²) >= 11 is 6.17. The maximum Gasteiger partial charge on any atom is 0.137 e. The Kier molecular flexibility index (Phi) is 16.5. The predicted molar refractivity (Wildman–Crippen MR) is 232 cm³/mol. The monoisotopic (exact) mass is 843 g/mol. The van der Waals surface area contributed by atoms with E-state index in [4.69, 9.17) is 11.6 Å². The van der Waals surface area contributed by atoms with Gasteiger partial charge in [0.2, 0.25) is 0 Å². The van der Waals surface area contributed by atoms with Gasteiger partial charge >= 0.3 is 0 Å². The van der Waals surface area contributed by atoms with Crippen LogP contribution in [0.4, 0.5) is 17.6 Å². The van der Waals surface area contributed by atoms with E-state index in [2.05, 4.69) is 9.88 Å². The topological polar surface area (TPSA) is 56.7 Å². The van der Waals surface area contributed by atoms with Gasteiger partial charge in [-0.2, -0.15) is 0 Å². The molecule has 0 amide bonds. The average molecular weight is 844 g/mol. The summed E-state index contributed by atoms with van der Waals surface area (Å²) in [5.41, 5.74) is 5.59. The highest BCUT2D eigenvalue weighted by Gasteiger charge is 2.30. The molecule has 61 heavy (non-hydrogen) atoms. The Morgan fingerprint density at radius 2 is 0.885 bits per heavy atom. The summed E-state index contributed by atoms with van der Waals surface area (Å²) in [6.07, 6.45) is 1.81. The molecule has 0 unspecified atom stereocenters. The van der Waals surface area contributed by atoms with Gasteiger partial charge in [-0.1, -0.05) is 133 Å². The van der Waals surface area contributed by atoms with Crippen LogP contribution in [0, 0.1) is 23.3 Å². The summed E-state index contributed by atoms with van der Waals surface area (Å²) in [5.74, 6) is -2.57. The number of aliphatic hydroxyl groups is 1. The number of carbonyl (C=O) groups is 1. The number of pyridine rings is 1. The van der Waals surface area contributed by atoms with Gasteiger partial charge in [-0.25, -0.2) is 17.6 Å². The minimum Gasteiger partial charge on any atom is -0.385 e. The van der Waals surface area contributed by atoms with E-state index in [0.29, 0.717) is 48.0 Å². The summed E-state index contributed by atoms with van der Waals surface area (Å²) in [6.45, 7) is 2.18. The van der Waals surface area contributed by atoms with E-state index in [1.54, 1.807) is 18.3 Å². The number of rotatable bonds is 17. The molecule has 1 heterocycles. The number of aromatic nitrogens is 1. The van der Waals surface area contributed by atoms with Crippen LogP contribution in [0.3, 0.4) is 0 Å². The van der Waals surface area contributed by atoms with Crippen LogP contribution in [-0.2, 0) is 43.8 Å². The van der Waals surface area contributed by atoms with Crippen LogP contribution in [0.1, 0.15) is 45.2 Å². The van der Waals surface area contributed by atoms with Crippen molar-refractivity contribution in [1.82, 2.24) is 14.8 Å². The minimum absolute atomic E-state index is 0.212. The third-order valence-electron chi connectivity index (χ3n) is 10.2. The molecule has 5 nitrogen and oxygen atoms in total. The molecule has 7 rings (SSSR count). The molecule has 0 bridgehead atoms. The Bertz CT molecular complexity index is 2290. The predicted octanol–water partition coefficient (Wildman–Crippen LogP) is 11.1. The van der Waals surface area contributed by atoms with Crippen molar-refractivity contribution in [2.45, 2.75) is 57.2 Å². The third-order valence-corrected chi connectivity index (χ3v) is 10.4. The van der Waals surface area contributed by atoms with E-state index in [9.17, 15) is 27.5 Å². The Morgan fingerprint density at radius 1 is 0.508 bits per heavy atom. The van der Waals surface area contributed by atoms with Gasteiger partial charge in [0.15, 0.2) is 0 Å².